The Bertz CT molecular complexity index is 537. The third-order valence-electron chi connectivity index (χ3n) is 1.75. The molecule has 0 unspecified atom stereocenters. The van der Waals surface area contributed by atoms with Gasteiger partial charge in [0, 0.05) is 0 Å². The molecule has 16 heavy (non-hydrogen) atoms. The highest BCUT2D eigenvalue weighted by molar-refractivity contribution is 9.10. The lowest BCUT2D eigenvalue weighted by molar-refractivity contribution is -0.275. The number of alkyl halides is 3. The van der Waals surface area contributed by atoms with Crippen molar-refractivity contribution in [3.63, 3.8) is 0 Å². The number of benzene rings is 1. The molecule has 86 valence electrons. The molecule has 8 heteroatoms. The van der Waals surface area contributed by atoms with Crippen LogP contribution in [-0.2, 0) is 0 Å². The van der Waals surface area contributed by atoms with E-state index in [9.17, 15) is 17.6 Å². The number of aromatic nitrogens is 2. The number of rotatable bonds is 1. The molecule has 1 N–H and O–H groups in total. The van der Waals surface area contributed by atoms with E-state index in [0.717, 1.165) is 6.07 Å². The van der Waals surface area contributed by atoms with Crippen LogP contribution in [0, 0.1) is 5.82 Å². The molecule has 1 aromatic carbocycles. The van der Waals surface area contributed by atoms with E-state index >= 15 is 0 Å². The largest absolute Gasteiger partial charge is 0.573 e. The summed E-state index contributed by atoms with van der Waals surface area (Å²) in [5.41, 5.74) is 0.0625. The summed E-state index contributed by atoms with van der Waals surface area (Å²) < 4.78 is 52.9. The SMILES string of the molecule is Fc1c(OC(F)(F)F)ccc2[nH]c(Br)nc12. The summed E-state index contributed by atoms with van der Waals surface area (Å²) in [6.45, 7) is 0. The summed E-state index contributed by atoms with van der Waals surface area (Å²) in [7, 11) is 0. The first-order chi connectivity index (χ1) is 7.37. The predicted octanol–water partition coefficient (Wildman–Crippen LogP) is 3.36. The normalized spacial score (nSPS) is 12.1. The summed E-state index contributed by atoms with van der Waals surface area (Å²) >= 11 is 2.95. The maximum absolute atomic E-state index is 13.5. The molecule has 0 radical (unpaired) electrons. The molecule has 3 nitrogen and oxygen atoms in total. The zero-order valence-corrected chi connectivity index (χ0v) is 8.99. The number of H-pyrrole nitrogens is 1. The van der Waals surface area contributed by atoms with Crippen molar-refractivity contribution in [1.29, 1.82) is 0 Å². The molecule has 1 aromatic heterocycles. The lowest BCUT2D eigenvalue weighted by atomic mass is 10.3. The van der Waals surface area contributed by atoms with Gasteiger partial charge in [0.25, 0.3) is 0 Å². The maximum Gasteiger partial charge on any atom is 0.573 e. The Balaban J connectivity index is 2.52. The van der Waals surface area contributed by atoms with Crippen molar-refractivity contribution >= 4 is 27.0 Å². The molecular formula is C8H3BrF4N2O. The molecule has 0 bridgehead atoms. The number of ether oxygens (including phenoxy) is 1. The van der Waals surface area contributed by atoms with Crippen LogP contribution in [0.1, 0.15) is 0 Å². The third-order valence-corrected chi connectivity index (χ3v) is 2.13. The van der Waals surface area contributed by atoms with E-state index in [-0.39, 0.29) is 15.8 Å². The minimum atomic E-state index is -4.93. The van der Waals surface area contributed by atoms with Crippen LogP contribution in [0.5, 0.6) is 5.75 Å². The van der Waals surface area contributed by atoms with Crippen LogP contribution in [0.25, 0.3) is 11.0 Å². The number of nitrogens with one attached hydrogen (secondary N) is 1. The van der Waals surface area contributed by atoms with Gasteiger partial charge in [0.05, 0.1) is 5.52 Å². The van der Waals surface area contributed by atoms with E-state index in [4.69, 9.17) is 0 Å². The van der Waals surface area contributed by atoms with Crippen molar-refractivity contribution in [2.75, 3.05) is 0 Å². The molecule has 0 amide bonds. The standard InChI is InChI=1S/C8H3BrF4N2O/c9-7-14-3-1-2-4(16-8(11,12)13)5(10)6(3)15-7/h1-2H,(H,14,15). The fourth-order valence-electron chi connectivity index (χ4n) is 1.20. The highest BCUT2D eigenvalue weighted by atomic mass is 79.9. The highest BCUT2D eigenvalue weighted by Crippen LogP contribution is 2.30. The van der Waals surface area contributed by atoms with E-state index in [2.05, 4.69) is 30.6 Å². The van der Waals surface area contributed by atoms with Gasteiger partial charge in [0.2, 0.25) is 0 Å². The average molecular weight is 299 g/mol. The van der Waals surface area contributed by atoms with Gasteiger partial charge in [-0.3, -0.25) is 0 Å². The number of halogens is 5. The summed E-state index contributed by atoms with van der Waals surface area (Å²) in [5.74, 6) is -2.06. The quantitative estimate of drug-likeness (QED) is 0.820. The highest BCUT2D eigenvalue weighted by Gasteiger charge is 2.33. The van der Waals surface area contributed by atoms with Gasteiger partial charge in [-0.05, 0) is 28.1 Å². The molecule has 0 spiro atoms. The van der Waals surface area contributed by atoms with E-state index in [0.29, 0.717) is 0 Å². The molecule has 0 aliphatic heterocycles. The van der Waals surface area contributed by atoms with Crippen LogP contribution in [0.15, 0.2) is 16.9 Å². The number of hydrogen-bond donors (Lipinski definition) is 1. The molecule has 0 atom stereocenters. The average Bonchev–Trinajstić information content (AvgIpc) is 2.50. The minimum absolute atomic E-state index is 0.214. The molecule has 1 heterocycles. The zero-order chi connectivity index (χ0) is 11.9. The van der Waals surface area contributed by atoms with Crippen molar-refractivity contribution in [2.45, 2.75) is 6.36 Å². The Morgan fingerprint density at radius 1 is 1.31 bits per heavy atom. The zero-order valence-electron chi connectivity index (χ0n) is 7.40. The van der Waals surface area contributed by atoms with Gasteiger partial charge in [-0.15, -0.1) is 13.2 Å². The molecule has 0 aliphatic carbocycles. The van der Waals surface area contributed by atoms with Crippen LogP contribution in [0.2, 0.25) is 0 Å². The molecule has 0 fully saturated rings. The van der Waals surface area contributed by atoms with Crippen LogP contribution < -0.4 is 4.74 Å². The summed E-state index contributed by atoms with van der Waals surface area (Å²) in [5, 5.41) is 0. The first-order valence-corrected chi connectivity index (χ1v) is 4.75. The van der Waals surface area contributed by atoms with Crippen molar-refractivity contribution in [1.82, 2.24) is 9.97 Å². The first-order valence-electron chi connectivity index (χ1n) is 3.96. The monoisotopic (exact) mass is 298 g/mol. The van der Waals surface area contributed by atoms with Gasteiger partial charge in [0.15, 0.2) is 16.3 Å². The second kappa shape index (κ2) is 3.62. The number of hydrogen-bond acceptors (Lipinski definition) is 2. The smallest absolute Gasteiger partial charge is 0.403 e. The summed E-state index contributed by atoms with van der Waals surface area (Å²) in [6.07, 6.45) is -4.93. The van der Waals surface area contributed by atoms with E-state index in [1.54, 1.807) is 0 Å². The molecule has 0 saturated heterocycles. The molecule has 2 rings (SSSR count). The Kier molecular flexibility index (Phi) is 2.53. The van der Waals surface area contributed by atoms with Crippen LogP contribution in [0.3, 0.4) is 0 Å². The predicted molar refractivity (Wildman–Crippen MR) is 50.4 cm³/mol. The molecule has 0 saturated carbocycles. The number of fused-ring (bicyclic) bond motifs is 1. The summed E-state index contributed by atoms with van der Waals surface area (Å²) in [4.78, 5) is 6.26. The van der Waals surface area contributed by atoms with E-state index in [1.807, 2.05) is 0 Å². The van der Waals surface area contributed by atoms with Crippen molar-refractivity contribution in [3.05, 3.63) is 22.7 Å². The fourth-order valence-corrected chi connectivity index (χ4v) is 1.59. The second-order valence-corrected chi connectivity index (χ2v) is 3.60. The lowest BCUT2D eigenvalue weighted by Crippen LogP contribution is -2.17. The Morgan fingerprint density at radius 3 is 2.62 bits per heavy atom. The van der Waals surface area contributed by atoms with E-state index < -0.39 is 17.9 Å². The minimum Gasteiger partial charge on any atom is -0.403 e. The van der Waals surface area contributed by atoms with Crippen molar-refractivity contribution < 1.29 is 22.3 Å². The molecular weight excluding hydrogens is 296 g/mol. The van der Waals surface area contributed by atoms with Gasteiger partial charge in [-0.1, -0.05) is 0 Å². The number of imidazole rings is 1. The topological polar surface area (TPSA) is 37.9 Å². The van der Waals surface area contributed by atoms with Crippen LogP contribution in [-0.4, -0.2) is 16.3 Å². The number of aromatic amines is 1. The van der Waals surface area contributed by atoms with Crippen LogP contribution >= 0.6 is 15.9 Å². The van der Waals surface area contributed by atoms with Crippen molar-refractivity contribution in [2.24, 2.45) is 0 Å². The Labute approximate surface area is 94.6 Å². The summed E-state index contributed by atoms with van der Waals surface area (Å²) in [6, 6.07) is 2.13. The fraction of sp³-hybridized carbons (Fsp3) is 0.125. The lowest BCUT2D eigenvalue weighted by Gasteiger charge is -2.09. The van der Waals surface area contributed by atoms with E-state index in [1.165, 1.54) is 6.07 Å². The first kappa shape index (κ1) is 11.2. The van der Waals surface area contributed by atoms with Gasteiger partial charge < -0.3 is 9.72 Å². The number of nitrogens with zero attached hydrogens (tertiary/aromatic N) is 1. The Hall–Kier alpha value is -1.31. The van der Waals surface area contributed by atoms with Gasteiger partial charge in [-0.2, -0.15) is 0 Å². The van der Waals surface area contributed by atoms with Gasteiger partial charge >= 0.3 is 6.36 Å². The van der Waals surface area contributed by atoms with Crippen molar-refractivity contribution in [3.8, 4) is 5.75 Å². The van der Waals surface area contributed by atoms with Gasteiger partial charge in [0.1, 0.15) is 5.52 Å². The van der Waals surface area contributed by atoms with Gasteiger partial charge in [-0.25, -0.2) is 9.37 Å². The maximum atomic E-state index is 13.5. The van der Waals surface area contributed by atoms with Crippen LogP contribution in [0.4, 0.5) is 17.6 Å². The third kappa shape index (κ3) is 2.11. The Morgan fingerprint density at radius 2 is 2.00 bits per heavy atom. The molecule has 0 aliphatic rings. The molecule has 2 aromatic rings. The second-order valence-electron chi connectivity index (χ2n) is 2.85.